The quantitative estimate of drug-likeness (QED) is 0.842. The fraction of sp³-hybridized carbons (Fsp3) is 0.350. The zero-order valence-electron chi connectivity index (χ0n) is 15.7. The number of nitrogens with one attached hydrogen (secondary N) is 1. The zero-order valence-corrected chi connectivity index (χ0v) is 16.5. The van der Waals surface area contributed by atoms with E-state index in [9.17, 15) is 13.2 Å². The summed E-state index contributed by atoms with van der Waals surface area (Å²) in [4.78, 5) is 12.4. The molecule has 6 heteroatoms. The van der Waals surface area contributed by atoms with E-state index in [4.69, 9.17) is 0 Å². The number of carbonyl (C=O) groups is 1. The van der Waals surface area contributed by atoms with Crippen LogP contribution in [0, 0.1) is 6.92 Å². The summed E-state index contributed by atoms with van der Waals surface area (Å²) in [6.45, 7) is 7.69. The first kappa shape index (κ1) is 20.0. The van der Waals surface area contributed by atoms with Crippen LogP contribution in [-0.2, 0) is 14.8 Å². The summed E-state index contributed by atoms with van der Waals surface area (Å²) in [6, 6.07) is 15.5. The molecule has 0 fully saturated rings. The van der Waals surface area contributed by atoms with Crippen LogP contribution in [-0.4, -0.2) is 26.4 Å². The Kier molecular flexibility index (Phi) is 6.08. The second kappa shape index (κ2) is 7.91. The zero-order chi connectivity index (χ0) is 19.4. The van der Waals surface area contributed by atoms with Gasteiger partial charge in [-0.2, -0.15) is 0 Å². The topological polar surface area (TPSA) is 66.5 Å². The number of anilines is 1. The van der Waals surface area contributed by atoms with Crippen molar-refractivity contribution in [3.05, 3.63) is 60.2 Å². The lowest BCUT2D eigenvalue weighted by Crippen LogP contribution is -2.42. The normalized spacial score (nSPS) is 11.8. The smallest absolute Gasteiger partial charge is 0.264 e. The summed E-state index contributed by atoms with van der Waals surface area (Å²) in [5.74, 6) is -0.183. The van der Waals surface area contributed by atoms with Gasteiger partial charge >= 0.3 is 0 Å². The second-order valence-corrected chi connectivity index (χ2v) is 9.14. The van der Waals surface area contributed by atoms with Gasteiger partial charge < -0.3 is 5.32 Å². The molecule has 140 valence electrons. The van der Waals surface area contributed by atoms with Crippen LogP contribution in [0.1, 0.15) is 32.8 Å². The molecule has 0 radical (unpaired) electrons. The van der Waals surface area contributed by atoms with E-state index in [0.717, 1.165) is 5.56 Å². The van der Waals surface area contributed by atoms with Crippen LogP contribution >= 0.6 is 0 Å². The standard InChI is InChI=1S/C20H26N2O3S/c1-16-10-12-17(13-11-16)22(15-14-19(23)21-20(2,3)4)26(24,25)18-8-6-5-7-9-18/h5-13H,14-15H2,1-4H3,(H,21,23). The molecule has 1 amide bonds. The van der Waals surface area contributed by atoms with Crippen molar-refractivity contribution in [1.29, 1.82) is 0 Å². The van der Waals surface area contributed by atoms with Crippen LogP contribution in [0.5, 0.6) is 0 Å². The van der Waals surface area contributed by atoms with Gasteiger partial charge in [-0.15, -0.1) is 0 Å². The van der Waals surface area contributed by atoms with Crippen molar-refractivity contribution in [3.8, 4) is 0 Å². The second-order valence-electron chi connectivity index (χ2n) is 7.27. The van der Waals surface area contributed by atoms with Gasteiger partial charge in [-0.1, -0.05) is 35.9 Å². The summed E-state index contributed by atoms with van der Waals surface area (Å²) in [5, 5.41) is 2.87. The van der Waals surface area contributed by atoms with Crippen molar-refractivity contribution in [2.75, 3.05) is 10.8 Å². The Morgan fingerprint density at radius 1 is 1.00 bits per heavy atom. The van der Waals surface area contributed by atoms with Crippen LogP contribution < -0.4 is 9.62 Å². The molecule has 1 N–H and O–H groups in total. The van der Waals surface area contributed by atoms with Crippen molar-refractivity contribution in [2.24, 2.45) is 0 Å². The first-order chi connectivity index (χ1) is 12.1. The molecule has 0 spiro atoms. The van der Waals surface area contributed by atoms with Gasteiger partial charge in [0.15, 0.2) is 0 Å². The molecule has 0 unspecified atom stereocenters. The third kappa shape index (κ3) is 5.33. The predicted octanol–water partition coefficient (Wildman–Crippen LogP) is 3.50. The van der Waals surface area contributed by atoms with Gasteiger partial charge in [0.2, 0.25) is 5.91 Å². The summed E-state index contributed by atoms with van der Waals surface area (Å²) in [6.07, 6.45) is 0.0806. The van der Waals surface area contributed by atoms with Crippen molar-refractivity contribution < 1.29 is 13.2 Å². The minimum atomic E-state index is -3.75. The molecule has 2 rings (SSSR count). The van der Waals surface area contributed by atoms with E-state index in [1.807, 2.05) is 39.8 Å². The largest absolute Gasteiger partial charge is 0.351 e. The number of hydrogen-bond acceptors (Lipinski definition) is 3. The molecule has 0 bridgehead atoms. The van der Waals surface area contributed by atoms with Gasteiger partial charge in [-0.25, -0.2) is 8.42 Å². The van der Waals surface area contributed by atoms with Gasteiger partial charge in [-0.3, -0.25) is 9.10 Å². The van der Waals surface area contributed by atoms with Crippen LogP contribution in [0.2, 0.25) is 0 Å². The molecular formula is C20H26N2O3S. The highest BCUT2D eigenvalue weighted by atomic mass is 32.2. The molecule has 0 saturated carbocycles. The average Bonchev–Trinajstić information content (AvgIpc) is 2.55. The van der Waals surface area contributed by atoms with Crippen LogP contribution in [0.25, 0.3) is 0 Å². The lowest BCUT2D eigenvalue weighted by molar-refractivity contribution is -0.122. The van der Waals surface area contributed by atoms with Gasteiger partial charge in [0.25, 0.3) is 10.0 Å². The fourth-order valence-corrected chi connectivity index (χ4v) is 3.99. The van der Waals surface area contributed by atoms with Crippen LogP contribution in [0.15, 0.2) is 59.5 Å². The molecular weight excluding hydrogens is 348 g/mol. The lowest BCUT2D eigenvalue weighted by atomic mass is 10.1. The highest BCUT2D eigenvalue weighted by Crippen LogP contribution is 2.24. The molecule has 0 aromatic heterocycles. The Bertz CT molecular complexity index is 839. The monoisotopic (exact) mass is 374 g/mol. The van der Waals surface area contributed by atoms with E-state index in [1.165, 1.54) is 4.31 Å². The fourth-order valence-electron chi connectivity index (χ4n) is 2.50. The molecule has 2 aromatic carbocycles. The van der Waals surface area contributed by atoms with E-state index in [-0.39, 0.29) is 29.3 Å². The van der Waals surface area contributed by atoms with Crippen molar-refractivity contribution >= 4 is 21.6 Å². The summed E-state index contributed by atoms with van der Waals surface area (Å²) in [7, 11) is -3.75. The highest BCUT2D eigenvalue weighted by Gasteiger charge is 2.26. The maximum absolute atomic E-state index is 13.1. The number of benzene rings is 2. The van der Waals surface area contributed by atoms with Gasteiger partial charge in [0.05, 0.1) is 10.6 Å². The lowest BCUT2D eigenvalue weighted by Gasteiger charge is -2.26. The Hall–Kier alpha value is -2.34. The number of nitrogens with zero attached hydrogens (tertiary/aromatic N) is 1. The Morgan fingerprint density at radius 3 is 2.12 bits per heavy atom. The van der Waals surface area contributed by atoms with E-state index < -0.39 is 10.0 Å². The molecule has 2 aromatic rings. The molecule has 0 aliphatic heterocycles. The minimum Gasteiger partial charge on any atom is -0.351 e. The summed E-state index contributed by atoms with van der Waals surface area (Å²) < 4.78 is 27.5. The van der Waals surface area contributed by atoms with Gasteiger partial charge in [0.1, 0.15) is 0 Å². The van der Waals surface area contributed by atoms with Crippen molar-refractivity contribution in [3.63, 3.8) is 0 Å². The molecule has 0 aliphatic rings. The van der Waals surface area contributed by atoms with Gasteiger partial charge in [-0.05, 0) is 52.0 Å². The third-order valence-corrected chi connectivity index (χ3v) is 5.55. The van der Waals surface area contributed by atoms with E-state index in [1.54, 1.807) is 42.5 Å². The van der Waals surface area contributed by atoms with E-state index in [2.05, 4.69) is 5.32 Å². The number of aryl methyl sites for hydroxylation is 1. The Balaban J connectivity index is 2.31. The van der Waals surface area contributed by atoms with E-state index in [0.29, 0.717) is 5.69 Å². The van der Waals surface area contributed by atoms with Crippen LogP contribution in [0.4, 0.5) is 5.69 Å². The Morgan fingerprint density at radius 2 is 1.58 bits per heavy atom. The molecule has 0 saturated heterocycles. The molecule has 0 aliphatic carbocycles. The average molecular weight is 375 g/mol. The molecule has 5 nitrogen and oxygen atoms in total. The number of hydrogen-bond donors (Lipinski definition) is 1. The number of rotatable bonds is 6. The first-order valence-electron chi connectivity index (χ1n) is 8.55. The minimum absolute atomic E-state index is 0.0716. The molecule has 0 heterocycles. The van der Waals surface area contributed by atoms with Gasteiger partial charge in [0, 0.05) is 18.5 Å². The number of amides is 1. The SMILES string of the molecule is Cc1ccc(N(CCC(=O)NC(C)(C)C)S(=O)(=O)c2ccccc2)cc1. The summed E-state index contributed by atoms with van der Waals surface area (Å²) in [5.41, 5.74) is 1.23. The third-order valence-electron chi connectivity index (χ3n) is 3.71. The van der Waals surface area contributed by atoms with Crippen LogP contribution in [0.3, 0.4) is 0 Å². The maximum atomic E-state index is 13.1. The number of carbonyl (C=O) groups excluding carboxylic acids is 1. The molecule has 26 heavy (non-hydrogen) atoms. The maximum Gasteiger partial charge on any atom is 0.264 e. The van der Waals surface area contributed by atoms with Crippen molar-refractivity contribution in [2.45, 2.75) is 44.6 Å². The summed E-state index contributed by atoms with van der Waals surface area (Å²) >= 11 is 0. The molecule has 0 atom stereocenters. The van der Waals surface area contributed by atoms with E-state index >= 15 is 0 Å². The van der Waals surface area contributed by atoms with Crippen molar-refractivity contribution in [1.82, 2.24) is 5.32 Å². The Labute approximate surface area is 156 Å². The number of sulfonamides is 1. The predicted molar refractivity (Wildman–Crippen MR) is 105 cm³/mol. The first-order valence-corrected chi connectivity index (χ1v) is 9.99. The highest BCUT2D eigenvalue weighted by molar-refractivity contribution is 7.92.